The molecule has 0 saturated heterocycles. The first-order valence-electron chi connectivity index (χ1n) is 6.05. The average Bonchev–Trinajstić information content (AvgIpc) is 2.98. The number of aromatic carboxylic acids is 1. The van der Waals surface area contributed by atoms with E-state index in [4.69, 9.17) is 5.11 Å². The molecule has 3 rings (SSSR count). The topological polar surface area (TPSA) is 68.0 Å². The van der Waals surface area contributed by atoms with Crippen molar-refractivity contribution in [3.63, 3.8) is 0 Å². The Morgan fingerprint density at radius 2 is 1.85 bits per heavy atom. The zero-order valence-electron chi connectivity index (χ0n) is 10.5. The molecule has 1 aromatic heterocycles. The molecule has 1 heterocycles. The molecule has 0 aliphatic heterocycles. The van der Waals surface area contributed by atoms with Crippen molar-refractivity contribution in [2.45, 2.75) is 0 Å². The minimum atomic E-state index is -0.953. The molecule has 0 atom stereocenters. The number of hydrogen-bond acceptors (Lipinski definition) is 3. The first-order chi connectivity index (χ1) is 9.75. The number of nitrogens with zero attached hydrogens (tertiary/aromatic N) is 3. The van der Waals surface area contributed by atoms with Gasteiger partial charge in [0, 0.05) is 5.56 Å². The SMILES string of the molecule is O=C(O)c1cccc(-c2cnnn2-c2ccccc2)c1. The molecule has 5 heteroatoms. The molecule has 0 fully saturated rings. The number of aromatic nitrogens is 3. The first-order valence-corrected chi connectivity index (χ1v) is 6.05. The number of benzene rings is 2. The molecule has 2 aromatic carbocycles. The van der Waals surface area contributed by atoms with E-state index in [0.717, 1.165) is 16.9 Å². The van der Waals surface area contributed by atoms with E-state index in [1.165, 1.54) is 0 Å². The van der Waals surface area contributed by atoms with Gasteiger partial charge in [0.1, 0.15) is 0 Å². The van der Waals surface area contributed by atoms with Crippen LogP contribution in [0.1, 0.15) is 10.4 Å². The Morgan fingerprint density at radius 3 is 2.60 bits per heavy atom. The number of carboxylic acid groups (broad SMARTS) is 1. The van der Waals surface area contributed by atoms with Crippen molar-refractivity contribution in [3.8, 4) is 16.9 Å². The van der Waals surface area contributed by atoms with Gasteiger partial charge in [-0.15, -0.1) is 5.10 Å². The zero-order valence-corrected chi connectivity index (χ0v) is 10.5. The van der Waals surface area contributed by atoms with Crippen LogP contribution in [0.25, 0.3) is 16.9 Å². The third-order valence-electron chi connectivity index (χ3n) is 2.96. The lowest BCUT2D eigenvalue weighted by atomic mass is 10.1. The molecule has 5 nitrogen and oxygen atoms in total. The van der Waals surface area contributed by atoms with Gasteiger partial charge in [0.2, 0.25) is 0 Å². The third kappa shape index (κ3) is 2.16. The minimum Gasteiger partial charge on any atom is -0.478 e. The molecule has 20 heavy (non-hydrogen) atoms. The summed E-state index contributed by atoms with van der Waals surface area (Å²) in [7, 11) is 0. The van der Waals surface area contributed by atoms with Crippen LogP contribution in [0.2, 0.25) is 0 Å². The molecular weight excluding hydrogens is 254 g/mol. The molecule has 0 aliphatic carbocycles. The van der Waals surface area contributed by atoms with E-state index in [0.29, 0.717) is 0 Å². The lowest BCUT2D eigenvalue weighted by Crippen LogP contribution is -2.00. The minimum absolute atomic E-state index is 0.239. The lowest BCUT2D eigenvalue weighted by Gasteiger charge is -2.06. The van der Waals surface area contributed by atoms with Gasteiger partial charge in [0.25, 0.3) is 0 Å². The fourth-order valence-electron chi connectivity index (χ4n) is 2.00. The first kappa shape index (κ1) is 12.1. The molecule has 0 aliphatic rings. The highest BCUT2D eigenvalue weighted by Gasteiger charge is 2.10. The maximum absolute atomic E-state index is 11.0. The second kappa shape index (κ2) is 4.97. The van der Waals surface area contributed by atoms with Crippen molar-refractivity contribution in [2.75, 3.05) is 0 Å². The van der Waals surface area contributed by atoms with Crippen molar-refractivity contribution < 1.29 is 9.90 Å². The van der Waals surface area contributed by atoms with Gasteiger partial charge in [-0.3, -0.25) is 0 Å². The molecule has 0 saturated carbocycles. The Labute approximate surface area is 115 Å². The summed E-state index contributed by atoms with van der Waals surface area (Å²) in [5.74, 6) is -0.953. The Balaban J connectivity index is 2.10. The number of hydrogen-bond donors (Lipinski definition) is 1. The Hall–Kier alpha value is -2.95. The van der Waals surface area contributed by atoms with E-state index < -0.39 is 5.97 Å². The fourth-order valence-corrected chi connectivity index (χ4v) is 2.00. The summed E-state index contributed by atoms with van der Waals surface area (Å²) < 4.78 is 1.68. The zero-order chi connectivity index (χ0) is 13.9. The van der Waals surface area contributed by atoms with Crippen LogP contribution in [0.15, 0.2) is 60.8 Å². The number of carboxylic acids is 1. The summed E-state index contributed by atoms with van der Waals surface area (Å²) in [6, 6.07) is 16.3. The van der Waals surface area contributed by atoms with Crippen LogP contribution >= 0.6 is 0 Å². The third-order valence-corrected chi connectivity index (χ3v) is 2.96. The largest absolute Gasteiger partial charge is 0.478 e. The molecule has 1 N–H and O–H groups in total. The van der Waals surface area contributed by atoms with Crippen LogP contribution in [0.4, 0.5) is 0 Å². The number of rotatable bonds is 3. The van der Waals surface area contributed by atoms with Crippen molar-refractivity contribution >= 4 is 5.97 Å². The van der Waals surface area contributed by atoms with Crippen molar-refractivity contribution in [2.24, 2.45) is 0 Å². The number of para-hydroxylation sites is 1. The van der Waals surface area contributed by atoms with Crippen LogP contribution < -0.4 is 0 Å². The van der Waals surface area contributed by atoms with Gasteiger partial charge >= 0.3 is 5.97 Å². The van der Waals surface area contributed by atoms with Gasteiger partial charge in [-0.2, -0.15) is 0 Å². The molecule has 0 unspecified atom stereocenters. The summed E-state index contributed by atoms with van der Waals surface area (Å²) in [5.41, 5.74) is 2.63. The van der Waals surface area contributed by atoms with E-state index in [-0.39, 0.29) is 5.56 Å². The normalized spacial score (nSPS) is 10.4. The Morgan fingerprint density at radius 1 is 1.05 bits per heavy atom. The monoisotopic (exact) mass is 265 g/mol. The Bertz CT molecular complexity index is 751. The summed E-state index contributed by atoms with van der Waals surface area (Å²) in [4.78, 5) is 11.0. The summed E-state index contributed by atoms with van der Waals surface area (Å²) in [5, 5.41) is 17.0. The molecule has 0 radical (unpaired) electrons. The van der Waals surface area contributed by atoms with E-state index in [1.54, 1.807) is 29.1 Å². The van der Waals surface area contributed by atoms with E-state index in [1.807, 2.05) is 36.4 Å². The van der Waals surface area contributed by atoms with Gasteiger partial charge in [0.05, 0.1) is 23.1 Å². The summed E-state index contributed by atoms with van der Waals surface area (Å²) in [6.45, 7) is 0. The predicted molar refractivity (Wildman–Crippen MR) is 73.8 cm³/mol. The van der Waals surface area contributed by atoms with Gasteiger partial charge in [-0.25, -0.2) is 9.48 Å². The maximum Gasteiger partial charge on any atom is 0.335 e. The fraction of sp³-hybridized carbons (Fsp3) is 0. The van der Waals surface area contributed by atoms with E-state index in [2.05, 4.69) is 10.3 Å². The quantitative estimate of drug-likeness (QED) is 0.790. The smallest absolute Gasteiger partial charge is 0.335 e. The van der Waals surface area contributed by atoms with Crippen LogP contribution in [-0.4, -0.2) is 26.1 Å². The van der Waals surface area contributed by atoms with Gasteiger partial charge < -0.3 is 5.11 Å². The number of carbonyl (C=O) groups is 1. The van der Waals surface area contributed by atoms with E-state index >= 15 is 0 Å². The molecule has 0 bridgehead atoms. The van der Waals surface area contributed by atoms with Crippen LogP contribution in [0, 0.1) is 0 Å². The molecule has 0 amide bonds. The molecule has 3 aromatic rings. The van der Waals surface area contributed by atoms with Crippen molar-refractivity contribution in [3.05, 3.63) is 66.4 Å². The maximum atomic E-state index is 11.0. The highest BCUT2D eigenvalue weighted by Crippen LogP contribution is 2.22. The van der Waals surface area contributed by atoms with Crippen LogP contribution in [0.5, 0.6) is 0 Å². The van der Waals surface area contributed by atoms with Crippen LogP contribution in [-0.2, 0) is 0 Å². The van der Waals surface area contributed by atoms with Crippen molar-refractivity contribution in [1.29, 1.82) is 0 Å². The standard InChI is InChI=1S/C15H11N3O2/c19-15(20)12-6-4-5-11(9-12)14-10-16-17-18(14)13-7-2-1-3-8-13/h1-10H,(H,19,20). The summed E-state index contributed by atoms with van der Waals surface area (Å²) in [6.07, 6.45) is 1.62. The lowest BCUT2D eigenvalue weighted by molar-refractivity contribution is 0.0697. The summed E-state index contributed by atoms with van der Waals surface area (Å²) >= 11 is 0. The second-order valence-electron chi connectivity index (χ2n) is 4.25. The van der Waals surface area contributed by atoms with E-state index in [9.17, 15) is 4.79 Å². The van der Waals surface area contributed by atoms with Crippen molar-refractivity contribution in [1.82, 2.24) is 15.0 Å². The highest BCUT2D eigenvalue weighted by molar-refractivity contribution is 5.89. The molecule has 0 spiro atoms. The van der Waals surface area contributed by atoms with Gasteiger partial charge in [0.15, 0.2) is 0 Å². The Kier molecular flexibility index (Phi) is 3.01. The average molecular weight is 265 g/mol. The molecular formula is C15H11N3O2. The molecule has 98 valence electrons. The second-order valence-corrected chi connectivity index (χ2v) is 4.25. The van der Waals surface area contributed by atoms with Gasteiger partial charge in [-0.1, -0.05) is 35.5 Å². The highest BCUT2D eigenvalue weighted by atomic mass is 16.4. The predicted octanol–water partition coefficient (Wildman–Crippen LogP) is 2.63. The van der Waals surface area contributed by atoms with Gasteiger partial charge in [-0.05, 0) is 24.3 Å². The van der Waals surface area contributed by atoms with Crippen LogP contribution in [0.3, 0.4) is 0 Å².